The van der Waals surface area contributed by atoms with Gasteiger partial charge in [-0.25, -0.2) is 13.1 Å². The average Bonchev–Trinajstić information content (AvgIpc) is 2.93. The summed E-state index contributed by atoms with van der Waals surface area (Å²) in [6.07, 6.45) is 1.40. The Bertz CT molecular complexity index is 676. The second kappa shape index (κ2) is 5.89. The Hall–Kier alpha value is -2.12. The maximum Gasteiger partial charge on any atom is 0.291 e. The smallest absolute Gasteiger partial charge is 0.291 e. The highest BCUT2D eigenvalue weighted by Crippen LogP contribution is 2.15. The number of sulfonamides is 1. The number of carbonyl (C=O) groups excluding carboxylic acids is 1. The van der Waals surface area contributed by atoms with Crippen LogP contribution in [0.1, 0.15) is 17.5 Å². The number of furan rings is 1. The van der Waals surface area contributed by atoms with E-state index in [0.717, 1.165) is 0 Å². The number of carbonyl (C=O) groups is 1. The minimum atomic E-state index is -3.48. The average molecular weight is 294 g/mol. The van der Waals surface area contributed by atoms with Crippen LogP contribution in [0, 0.1) is 0 Å². The lowest BCUT2D eigenvalue weighted by molar-refractivity contribution is 0.0996. The second-order valence-electron chi connectivity index (χ2n) is 3.96. The molecule has 0 saturated heterocycles. The molecule has 6 nitrogen and oxygen atoms in total. The van der Waals surface area contributed by atoms with E-state index in [9.17, 15) is 13.2 Å². The third-order valence-electron chi connectivity index (χ3n) is 2.50. The van der Waals surface area contributed by atoms with Crippen molar-refractivity contribution in [1.29, 1.82) is 0 Å². The van der Waals surface area contributed by atoms with E-state index < -0.39 is 15.9 Å². The first kappa shape index (κ1) is 14.3. The molecule has 0 spiro atoms. The maximum atomic E-state index is 11.7. The summed E-state index contributed by atoms with van der Waals surface area (Å²) in [6.45, 7) is 2.02. The van der Waals surface area contributed by atoms with Crippen molar-refractivity contribution in [3.05, 3.63) is 48.4 Å². The van der Waals surface area contributed by atoms with Gasteiger partial charge in [0.25, 0.3) is 5.91 Å². The number of benzene rings is 1. The van der Waals surface area contributed by atoms with Gasteiger partial charge >= 0.3 is 0 Å². The molecule has 106 valence electrons. The van der Waals surface area contributed by atoms with Gasteiger partial charge in [-0.15, -0.1) is 0 Å². The first-order valence-electron chi connectivity index (χ1n) is 5.97. The highest BCUT2D eigenvalue weighted by atomic mass is 32.2. The van der Waals surface area contributed by atoms with E-state index in [-0.39, 0.29) is 10.7 Å². The molecular formula is C13H14N2O4S. The Morgan fingerprint density at radius 3 is 2.45 bits per heavy atom. The van der Waals surface area contributed by atoms with E-state index in [4.69, 9.17) is 4.42 Å². The van der Waals surface area contributed by atoms with Crippen molar-refractivity contribution in [3.8, 4) is 0 Å². The Balaban J connectivity index is 2.11. The molecule has 0 unspecified atom stereocenters. The molecular weight excluding hydrogens is 280 g/mol. The topological polar surface area (TPSA) is 88.4 Å². The normalized spacial score (nSPS) is 11.2. The van der Waals surface area contributed by atoms with E-state index in [2.05, 4.69) is 10.0 Å². The Morgan fingerprint density at radius 1 is 1.20 bits per heavy atom. The molecule has 0 aliphatic carbocycles. The summed E-state index contributed by atoms with van der Waals surface area (Å²) in [6, 6.07) is 9.04. The summed E-state index contributed by atoms with van der Waals surface area (Å²) in [5.41, 5.74) is 0.488. The van der Waals surface area contributed by atoms with Gasteiger partial charge in [0.2, 0.25) is 10.0 Å². The molecule has 1 aromatic heterocycles. The predicted molar refractivity (Wildman–Crippen MR) is 74.0 cm³/mol. The monoisotopic (exact) mass is 294 g/mol. The summed E-state index contributed by atoms with van der Waals surface area (Å²) < 4.78 is 30.8. The second-order valence-corrected chi connectivity index (χ2v) is 5.72. The molecule has 1 aromatic carbocycles. The van der Waals surface area contributed by atoms with Crippen LogP contribution in [-0.2, 0) is 10.0 Å². The van der Waals surface area contributed by atoms with Crippen LogP contribution in [0.15, 0.2) is 52.0 Å². The maximum absolute atomic E-state index is 11.7. The van der Waals surface area contributed by atoms with Crippen molar-refractivity contribution in [2.24, 2.45) is 0 Å². The fraction of sp³-hybridized carbons (Fsp3) is 0.154. The van der Waals surface area contributed by atoms with Gasteiger partial charge in [-0.2, -0.15) is 0 Å². The predicted octanol–water partition coefficient (Wildman–Crippen LogP) is 1.83. The van der Waals surface area contributed by atoms with Crippen LogP contribution in [0.4, 0.5) is 5.69 Å². The van der Waals surface area contributed by atoms with E-state index in [1.807, 2.05) is 0 Å². The molecule has 0 aliphatic rings. The molecule has 0 atom stereocenters. The van der Waals surface area contributed by atoms with Gasteiger partial charge in [-0.1, -0.05) is 6.92 Å². The Labute approximate surface area is 116 Å². The van der Waals surface area contributed by atoms with Crippen molar-refractivity contribution in [2.45, 2.75) is 11.8 Å². The van der Waals surface area contributed by atoms with E-state index in [1.54, 1.807) is 19.1 Å². The van der Waals surface area contributed by atoms with Crippen molar-refractivity contribution >= 4 is 21.6 Å². The van der Waals surface area contributed by atoms with Gasteiger partial charge < -0.3 is 9.73 Å². The van der Waals surface area contributed by atoms with Crippen LogP contribution in [0.5, 0.6) is 0 Å². The number of nitrogens with one attached hydrogen (secondary N) is 2. The molecule has 0 aliphatic heterocycles. The highest BCUT2D eigenvalue weighted by Gasteiger charge is 2.13. The van der Waals surface area contributed by atoms with Gasteiger partial charge in [0, 0.05) is 12.2 Å². The van der Waals surface area contributed by atoms with Crippen molar-refractivity contribution < 1.29 is 17.6 Å². The summed E-state index contributed by atoms with van der Waals surface area (Å²) in [7, 11) is -3.48. The molecule has 0 saturated carbocycles. The Kier molecular flexibility index (Phi) is 4.21. The first-order chi connectivity index (χ1) is 9.53. The largest absolute Gasteiger partial charge is 0.459 e. The van der Waals surface area contributed by atoms with Gasteiger partial charge in [0.1, 0.15) is 0 Å². The van der Waals surface area contributed by atoms with Crippen LogP contribution in [0.3, 0.4) is 0 Å². The van der Waals surface area contributed by atoms with Crippen LogP contribution < -0.4 is 10.0 Å². The summed E-state index contributed by atoms with van der Waals surface area (Å²) in [5, 5.41) is 2.61. The third kappa shape index (κ3) is 3.25. The van der Waals surface area contributed by atoms with Crippen LogP contribution in [0.25, 0.3) is 0 Å². The van der Waals surface area contributed by atoms with E-state index in [1.165, 1.54) is 30.5 Å². The van der Waals surface area contributed by atoms with Crippen LogP contribution in [0.2, 0.25) is 0 Å². The number of hydrogen-bond acceptors (Lipinski definition) is 4. The SMILES string of the molecule is CCNS(=O)(=O)c1ccc(NC(=O)c2ccco2)cc1. The van der Waals surface area contributed by atoms with Crippen molar-refractivity contribution in [1.82, 2.24) is 4.72 Å². The number of amides is 1. The zero-order chi connectivity index (χ0) is 14.6. The minimum absolute atomic E-state index is 0.148. The van der Waals surface area contributed by atoms with Crippen molar-refractivity contribution in [3.63, 3.8) is 0 Å². The minimum Gasteiger partial charge on any atom is -0.459 e. The molecule has 2 N–H and O–H groups in total. The molecule has 2 rings (SSSR count). The van der Waals surface area contributed by atoms with Crippen LogP contribution in [-0.4, -0.2) is 20.9 Å². The third-order valence-corrected chi connectivity index (χ3v) is 4.06. The molecule has 7 heteroatoms. The van der Waals surface area contributed by atoms with Gasteiger partial charge in [0.05, 0.1) is 11.2 Å². The standard InChI is InChI=1S/C13H14N2O4S/c1-2-14-20(17,18)11-7-5-10(6-8-11)15-13(16)12-4-3-9-19-12/h3-9,14H,2H2,1H3,(H,15,16). The molecule has 0 radical (unpaired) electrons. The highest BCUT2D eigenvalue weighted by molar-refractivity contribution is 7.89. The zero-order valence-corrected chi connectivity index (χ0v) is 11.6. The zero-order valence-electron chi connectivity index (χ0n) is 10.8. The van der Waals surface area contributed by atoms with Gasteiger partial charge in [0.15, 0.2) is 5.76 Å². The molecule has 0 bridgehead atoms. The number of anilines is 1. The van der Waals surface area contributed by atoms with Gasteiger partial charge in [-0.3, -0.25) is 4.79 Å². The molecule has 20 heavy (non-hydrogen) atoms. The number of hydrogen-bond donors (Lipinski definition) is 2. The summed E-state index contributed by atoms with van der Waals surface area (Å²) >= 11 is 0. The van der Waals surface area contributed by atoms with Crippen molar-refractivity contribution in [2.75, 3.05) is 11.9 Å². The fourth-order valence-corrected chi connectivity index (χ4v) is 2.63. The van der Waals surface area contributed by atoms with Crippen LogP contribution >= 0.6 is 0 Å². The van der Waals surface area contributed by atoms with Gasteiger partial charge in [-0.05, 0) is 36.4 Å². The lowest BCUT2D eigenvalue weighted by Gasteiger charge is -2.06. The fourth-order valence-electron chi connectivity index (χ4n) is 1.59. The molecule has 1 heterocycles. The van der Waals surface area contributed by atoms with E-state index in [0.29, 0.717) is 12.2 Å². The Morgan fingerprint density at radius 2 is 1.90 bits per heavy atom. The summed E-state index contributed by atoms with van der Waals surface area (Å²) in [4.78, 5) is 11.9. The molecule has 0 fully saturated rings. The quantitative estimate of drug-likeness (QED) is 0.880. The molecule has 1 amide bonds. The lowest BCUT2D eigenvalue weighted by atomic mass is 10.3. The van der Waals surface area contributed by atoms with E-state index >= 15 is 0 Å². The molecule has 2 aromatic rings. The number of rotatable bonds is 5. The lowest BCUT2D eigenvalue weighted by Crippen LogP contribution is -2.23. The first-order valence-corrected chi connectivity index (χ1v) is 7.46. The summed E-state index contributed by atoms with van der Waals surface area (Å²) in [5.74, 6) is -0.202.